The molecule has 0 spiro atoms. The fourth-order valence-corrected chi connectivity index (χ4v) is 3.95. The smallest absolute Gasteiger partial charge is 0.124 e. The first-order chi connectivity index (χ1) is 16.1. The fourth-order valence-electron chi connectivity index (χ4n) is 3.95. The van der Waals surface area contributed by atoms with Crippen LogP contribution in [0.1, 0.15) is 95.6 Å². The highest BCUT2D eigenvalue weighted by Gasteiger charge is 2.15. The van der Waals surface area contributed by atoms with E-state index in [1.807, 2.05) is 30.3 Å². The zero-order valence-corrected chi connectivity index (χ0v) is 20.5. The van der Waals surface area contributed by atoms with Gasteiger partial charge in [0, 0.05) is 23.6 Å². The minimum atomic E-state index is -0.0229. The Kier molecular flexibility index (Phi) is 13.0. The molecule has 0 saturated carbocycles. The Morgan fingerprint density at radius 1 is 0.667 bits per heavy atom. The number of unbranched alkanes of at least 4 members (excludes halogenated alkanes) is 9. The molecule has 0 aromatic heterocycles. The van der Waals surface area contributed by atoms with Gasteiger partial charge < -0.3 is 10.2 Å². The van der Waals surface area contributed by atoms with Gasteiger partial charge in [0.2, 0.25) is 0 Å². The molecular formula is C29H42N2O2. The van der Waals surface area contributed by atoms with Crippen LogP contribution < -0.4 is 0 Å². The SMILES string of the molecule is CCCCCCCCCCCCC(N=Cc1ccccc1O)C(C)N=Cc1ccccc1O. The van der Waals surface area contributed by atoms with Gasteiger partial charge in [-0.25, -0.2) is 0 Å². The Bertz CT molecular complexity index is 847. The molecule has 2 unspecified atom stereocenters. The summed E-state index contributed by atoms with van der Waals surface area (Å²) in [4.78, 5) is 9.50. The molecule has 2 atom stereocenters. The summed E-state index contributed by atoms with van der Waals surface area (Å²) in [6.07, 6.45) is 17.5. The number of para-hydroxylation sites is 2. The molecule has 33 heavy (non-hydrogen) atoms. The molecule has 0 fully saturated rings. The van der Waals surface area contributed by atoms with Crippen molar-refractivity contribution in [2.45, 2.75) is 96.6 Å². The van der Waals surface area contributed by atoms with E-state index in [9.17, 15) is 10.2 Å². The van der Waals surface area contributed by atoms with Crippen molar-refractivity contribution in [1.82, 2.24) is 0 Å². The van der Waals surface area contributed by atoms with Gasteiger partial charge in [-0.15, -0.1) is 0 Å². The van der Waals surface area contributed by atoms with Crippen LogP contribution in [0, 0.1) is 0 Å². The quantitative estimate of drug-likeness (QED) is 0.203. The zero-order chi connectivity index (χ0) is 23.7. The van der Waals surface area contributed by atoms with Gasteiger partial charge in [0.15, 0.2) is 0 Å². The molecule has 0 heterocycles. The van der Waals surface area contributed by atoms with Crippen molar-refractivity contribution in [2.75, 3.05) is 0 Å². The van der Waals surface area contributed by atoms with E-state index in [1.54, 1.807) is 30.6 Å². The maximum Gasteiger partial charge on any atom is 0.124 e. The van der Waals surface area contributed by atoms with Crippen molar-refractivity contribution in [3.05, 3.63) is 59.7 Å². The van der Waals surface area contributed by atoms with Crippen LogP contribution in [-0.2, 0) is 0 Å². The van der Waals surface area contributed by atoms with Crippen molar-refractivity contribution in [3.63, 3.8) is 0 Å². The normalized spacial score (nSPS) is 13.6. The first-order valence-electron chi connectivity index (χ1n) is 12.7. The Balaban J connectivity index is 1.88. The summed E-state index contributed by atoms with van der Waals surface area (Å²) in [5.74, 6) is 0.474. The van der Waals surface area contributed by atoms with Crippen LogP contribution in [0.4, 0.5) is 0 Å². The Hall–Kier alpha value is -2.62. The summed E-state index contributed by atoms with van der Waals surface area (Å²) in [5.41, 5.74) is 1.44. The maximum absolute atomic E-state index is 10.1. The summed E-state index contributed by atoms with van der Waals surface area (Å²) < 4.78 is 0. The van der Waals surface area contributed by atoms with E-state index in [0.29, 0.717) is 5.56 Å². The Morgan fingerprint density at radius 2 is 1.12 bits per heavy atom. The lowest BCUT2D eigenvalue weighted by Crippen LogP contribution is -2.20. The van der Waals surface area contributed by atoms with Gasteiger partial charge in [0.25, 0.3) is 0 Å². The minimum Gasteiger partial charge on any atom is -0.507 e. The fraction of sp³-hybridized carbons (Fsp3) is 0.517. The maximum atomic E-state index is 10.1. The highest BCUT2D eigenvalue weighted by atomic mass is 16.3. The molecule has 0 aliphatic carbocycles. The number of hydrogen-bond donors (Lipinski definition) is 2. The first-order valence-corrected chi connectivity index (χ1v) is 12.7. The van der Waals surface area contributed by atoms with Gasteiger partial charge >= 0.3 is 0 Å². The second-order valence-corrected chi connectivity index (χ2v) is 8.95. The molecule has 2 aromatic rings. The lowest BCUT2D eigenvalue weighted by atomic mass is 10.0. The van der Waals surface area contributed by atoms with Crippen LogP contribution in [0.2, 0.25) is 0 Å². The molecule has 0 amide bonds. The zero-order valence-electron chi connectivity index (χ0n) is 20.5. The number of aromatic hydroxyl groups is 2. The van der Waals surface area contributed by atoms with Gasteiger partial charge in [-0.2, -0.15) is 0 Å². The van der Waals surface area contributed by atoms with Crippen LogP contribution in [-0.4, -0.2) is 34.7 Å². The van der Waals surface area contributed by atoms with Crippen LogP contribution >= 0.6 is 0 Å². The van der Waals surface area contributed by atoms with Crippen LogP contribution in [0.3, 0.4) is 0 Å². The van der Waals surface area contributed by atoms with Gasteiger partial charge in [-0.3, -0.25) is 9.98 Å². The summed E-state index contributed by atoms with van der Waals surface area (Å²) in [6.45, 7) is 4.33. The molecule has 0 aliphatic heterocycles. The summed E-state index contributed by atoms with van der Waals surface area (Å²) in [6, 6.07) is 14.5. The monoisotopic (exact) mass is 450 g/mol. The van der Waals surface area contributed by atoms with Crippen LogP contribution in [0.25, 0.3) is 0 Å². The Morgan fingerprint density at radius 3 is 1.64 bits per heavy atom. The third-order valence-electron chi connectivity index (χ3n) is 6.14. The van der Waals surface area contributed by atoms with Gasteiger partial charge in [0.05, 0.1) is 12.1 Å². The first kappa shape index (κ1) is 26.6. The third kappa shape index (κ3) is 10.7. The minimum absolute atomic E-state index is 0.0229. The van der Waals surface area contributed by atoms with Crippen molar-refractivity contribution in [3.8, 4) is 11.5 Å². The standard InChI is InChI=1S/C29H42N2O2/c1-3-4-5-6-7-8-9-10-11-12-19-27(31-23-26-18-14-16-21-29(26)33)24(2)30-22-25-17-13-15-20-28(25)32/h13-18,20-24,27,32-33H,3-12,19H2,1-2H3. The average molecular weight is 451 g/mol. The van der Waals surface area contributed by atoms with E-state index >= 15 is 0 Å². The molecule has 0 radical (unpaired) electrons. The Labute approximate surface area is 200 Å². The molecule has 0 aliphatic rings. The molecule has 4 heteroatoms. The number of phenolic OH excluding ortho intramolecular Hbond substituents is 2. The highest BCUT2D eigenvalue weighted by molar-refractivity contribution is 5.84. The number of phenols is 2. The van der Waals surface area contributed by atoms with E-state index in [2.05, 4.69) is 13.8 Å². The van der Waals surface area contributed by atoms with Gasteiger partial charge in [-0.05, 0) is 37.6 Å². The van der Waals surface area contributed by atoms with E-state index < -0.39 is 0 Å². The molecule has 4 nitrogen and oxygen atoms in total. The summed E-state index contributed by atoms with van der Waals surface area (Å²) in [5, 5.41) is 20.1. The predicted molar refractivity (Wildman–Crippen MR) is 141 cm³/mol. The molecule has 2 aromatic carbocycles. The number of hydrogen-bond acceptors (Lipinski definition) is 4. The number of nitrogens with zero attached hydrogens (tertiary/aromatic N) is 2. The molecule has 0 bridgehead atoms. The number of rotatable bonds is 16. The third-order valence-corrected chi connectivity index (χ3v) is 6.14. The van der Waals surface area contributed by atoms with Crippen LogP contribution in [0.15, 0.2) is 58.5 Å². The lowest BCUT2D eigenvalue weighted by Gasteiger charge is -2.17. The van der Waals surface area contributed by atoms with Crippen molar-refractivity contribution >= 4 is 12.4 Å². The molecular weight excluding hydrogens is 408 g/mol. The molecule has 0 saturated heterocycles. The molecule has 2 rings (SSSR count). The summed E-state index contributed by atoms with van der Waals surface area (Å²) in [7, 11) is 0. The largest absolute Gasteiger partial charge is 0.507 e. The number of aliphatic imine (C=N–C) groups is 2. The van der Waals surface area contributed by atoms with Crippen molar-refractivity contribution < 1.29 is 10.2 Å². The predicted octanol–water partition coefficient (Wildman–Crippen LogP) is 7.70. The molecule has 2 N–H and O–H groups in total. The molecule has 180 valence electrons. The van der Waals surface area contributed by atoms with E-state index in [1.165, 1.54) is 57.8 Å². The summed E-state index contributed by atoms with van der Waals surface area (Å²) >= 11 is 0. The van der Waals surface area contributed by atoms with E-state index in [0.717, 1.165) is 18.4 Å². The highest BCUT2D eigenvalue weighted by Crippen LogP contribution is 2.19. The second kappa shape index (κ2) is 16.1. The van der Waals surface area contributed by atoms with Crippen LogP contribution in [0.5, 0.6) is 11.5 Å². The lowest BCUT2D eigenvalue weighted by molar-refractivity contribution is 0.472. The van der Waals surface area contributed by atoms with Crippen molar-refractivity contribution in [1.29, 1.82) is 0 Å². The van der Waals surface area contributed by atoms with Gasteiger partial charge in [-0.1, -0.05) is 95.4 Å². The van der Waals surface area contributed by atoms with Gasteiger partial charge in [0.1, 0.15) is 11.5 Å². The topological polar surface area (TPSA) is 65.2 Å². The van der Waals surface area contributed by atoms with E-state index in [-0.39, 0.29) is 23.6 Å². The van der Waals surface area contributed by atoms with Crippen molar-refractivity contribution in [2.24, 2.45) is 9.98 Å². The van der Waals surface area contributed by atoms with E-state index in [4.69, 9.17) is 9.98 Å². The average Bonchev–Trinajstić information content (AvgIpc) is 2.82. The number of benzene rings is 2. The second-order valence-electron chi connectivity index (χ2n) is 8.95.